The second-order valence-corrected chi connectivity index (χ2v) is 7.68. The summed E-state index contributed by atoms with van der Waals surface area (Å²) in [5.74, 6) is 0.779. The van der Waals surface area contributed by atoms with E-state index in [2.05, 4.69) is 32.1 Å². The van der Waals surface area contributed by atoms with Crippen LogP contribution in [0.1, 0.15) is 10.4 Å². The lowest BCUT2D eigenvalue weighted by Gasteiger charge is -2.33. The molecule has 0 bridgehead atoms. The van der Waals surface area contributed by atoms with Crippen LogP contribution in [0.15, 0.2) is 54.6 Å². The van der Waals surface area contributed by atoms with Gasteiger partial charge in [-0.3, -0.25) is 4.79 Å². The first-order valence-corrected chi connectivity index (χ1v) is 10.1. The molecule has 4 rings (SSSR count). The summed E-state index contributed by atoms with van der Waals surface area (Å²) in [7, 11) is 2.11. The lowest BCUT2D eigenvalue weighted by atomic mass is 10.1. The average Bonchev–Trinajstić information content (AvgIpc) is 2.74. The monoisotopic (exact) mass is 422 g/mol. The van der Waals surface area contributed by atoms with E-state index in [0.717, 1.165) is 37.6 Å². The van der Waals surface area contributed by atoms with Gasteiger partial charge in [0.2, 0.25) is 5.95 Å². The number of aromatic nitrogens is 2. The van der Waals surface area contributed by atoms with Crippen LogP contribution in [0.25, 0.3) is 11.3 Å². The van der Waals surface area contributed by atoms with Crippen molar-refractivity contribution in [2.75, 3.05) is 49.2 Å². The minimum absolute atomic E-state index is 0.229. The van der Waals surface area contributed by atoms with E-state index in [-0.39, 0.29) is 11.9 Å². The summed E-state index contributed by atoms with van der Waals surface area (Å²) in [6.45, 7) is 3.73. The van der Waals surface area contributed by atoms with E-state index in [0.29, 0.717) is 22.0 Å². The van der Waals surface area contributed by atoms with Crippen LogP contribution in [-0.4, -0.2) is 54.0 Å². The lowest BCUT2D eigenvalue weighted by molar-refractivity contribution is 0.102. The number of rotatable bonds is 4. The number of nitrogens with one attached hydrogen (secondary N) is 1. The maximum absolute atomic E-state index is 12.6. The van der Waals surface area contributed by atoms with Crippen molar-refractivity contribution < 1.29 is 4.79 Å². The number of amides is 1. The molecule has 0 unspecified atom stereocenters. The molecule has 0 spiro atoms. The van der Waals surface area contributed by atoms with E-state index >= 15 is 0 Å². The van der Waals surface area contributed by atoms with Crippen LogP contribution in [0.3, 0.4) is 0 Å². The molecule has 3 aromatic rings. The Morgan fingerprint density at radius 2 is 1.80 bits per heavy atom. The predicted octanol–water partition coefficient (Wildman–Crippen LogP) is 3.38. The van der Waals surface area contributed by atoms with Crippen LogP contribution in [0, 0.1) is 0 Å². The lowest BCUT2D eigenvalue weighted by Crippen LogP contribution is -2.44. The van der Waals surface area contributed by atoms with Crippen LogP contribution in [0.5, 0.6) is 0 Å². The second-order valence-electron chi connectivity index (χ2n) is 7.27. The molecule has 0 saturated carbocycles. The Morgan fingerprint density at radius 3 is 2.57 bits per heavy atom. The van der Waals surface area contributed by atoms with Crippen molar-refractivity contribution in [2.24, 2.45) is 0 Å². The molecule has 2 heterocycles. The van der Waals surface area contributed by atoms with Crippen molar-refractivity contribution in [3.8, 4) is 11.3 Å². The number of hydrogen-bond acceptors (Lipinski definition) is 6. The Hall–Kier alpha value is -3.16. The number of carbonyl (C=O) groups excluding carboxylic acids is 1. The van der Waals surface area contributed by atoms with Gasteiger partial charge >= 0.3 is 0 Å². The molecule has 154 valence electrons. The minimum Gasteiger partial charge on any atom is -0.368 e. The van der Waals surface area contributed by atoms with E-state index in [1.165, 1.54) is 0 Å². The van der Waals surface area contributed by atoms with Gasteiger partial charge in [-0.25, -0.2) is 4.98 Å². The van der Waals surface area contributed by atoms with E-state index in [9.17, 15) is 4.79 Å². The van der Waals surface area contributed by atoms with Gasteiger partial charge in [-0.1, -0.05) is 35.9 Å². The third-order valence-corrected chi connectivity index (χ3v) is 5.42. The third kappa shape index (κ3) is 4.53. The smallest absolute Gasteiger partial charge is 0.257 e. The second kappa shape index (κ2) is 8.69. The molecule has 2 aromatic carbocycles. The van der Waals surface area contributed by atoms with Crippen molar-refractivity contribution in [3.63, 3.8) is 0 Å². The zero-order valence-corrected chi connectivity index (χ0v) is 17.4. The van der Waals surface area contributed by atoms with Crippen LogP contribution < -0.4 is 16.0 Å². The number of hydrogen-bond donors (Lipinski definition) is 2. The maximum atomic E-state index is 12.6. The number of anilines is 3. The summed E-state index contributed by atoms with van der Waals surface area (Å²) in [5.41, 5.74) is 8.63. The first-order valence-electron chi connectivity index (χ1n) is 9.74. The quantitative estimate of drug-likeness (QED) is 0.670. The molecule has 0 atom stereocenters. The number of piperazine rings is 1. The molecule has 3 N–H and O–H groups in total. The van der Waals surface area contributed by atoms with E-state index in [4.69, 9.17) is 17.3 Å². The van der Waals surface area contributed by atoms with Gasteiger partial charge in [-0.15, -0.1) is 0 Å². The fourth-order valence-corrected chi connectivity index (χ4v) is 3.62. The number of nitrogens with two attached hydrogens (primary N) is 1. The minimum atomic E-state index is -0.266. The van der Waals surface area contributed by atoms with Crippen LogP contribution in [0.4, 0.5) is 17.5 Å². The van der Waals surface area contributed by atoms with Crippen molar-refractivity contribution in [2.45, 2.75) is 0 Å². The standard InChI is InChI=1S/C22H23ClN6O/c1-28-9-11-29(12-10-28)20-14-19(26-22(24)27-20)15-5-4-6-16(13-15)25-21(30)17-7-2-3-8-18(17)23/h2-8,13-14H,9-12H2,1H3,(H,25,30)(H2,24,26,27). The van der Waals surface area contributed by atoms with Crippen molar-refractivity contribution in [1.29, 1.82) is 0 Å². The highest BCUT2D eigenvalue weighted by Crippen LogP contribution is 2.26. The number of carbonyl (C=O) groups is 1. The predicted molar refractivity (Wildman–Crippen MR) is 121 cm³/mol. The van der Waals surface area contributed by atoms with Gasteiger partial charge < -0.3 is 20.9 Å². The van der Waals surface area contributed by atoms with Crippen LogP contribution in [-0.2, 0) is 0 Å². The summed E-state index contributed by atoms with van der Waals surface area (Å²) in [4.78, 5) is 25.9. The van der Waals surface area contributed by atoms with Gasteiger partial charge in [0.05, 0.1) is 16.3 Å². The summed E-state index contributed by atoms with van der Waals surface area (Å²) in [6.07, 6.45) is 0. The number of nitrogens with zero attached hydrogens (tertiary/aromatic N) is 4. The topological polar surface area (TPSA) is 87.4 Å². The van der Waals surface area contributed by atoms with Gasteiger partial charge in [-0.2, -0.15) is 4.98 Å². The Bertz CT molecular complexity index is 1060. The Morgan fingerprint density at radius 1 is 1.03 bits per heavy atom. The van der Waals surface area contributed by atoms with E-state index in [1.54, 1.807) is 24.3 Å². The maximum Gasteiger partial charge on any atom is 0.257 e. The number of benzene rings is 2. The fourth-order valence-electron chi connectivity index (χ4n) is 3.40. The molecule has 1 aliphatic heterocycles. The van der Waals surface area contributed by atoms with Crippen LogP contribution in [0.2, 0.25) is 5.02 Å². The van der Waals surface area contributed by atoms with Gasteiger partial charge in [0.1, 0.15) is 5.82 Å². The zero-order chi connectivity index (χ0) is 21.1. The first kappa shape index (κ1) is 20.1. The molecule has 1 aliphatic rings. The highest BCUT2D eigenvalue weighted by molar-refractivity contribution is 6.34. The van der Waals surface area contributed by atoms with Gasteiger partial charge in [-0.05, 0) is 31.3 Å². The van der Waals surface area contributed by atoms with E-state index < -0.39 is 0 Å². The highest BCUT2D eigenvalue weighted by Gasteiger charge is 2.17. The van der Waals surface area contributed by atoms with Gasteiger partial charge in [0.15, 0.2) is 0 Å². The Kier molecular flexibility index (Phi) is 5.83. The van der Waals surface area contributed by atoms with Gasteiger partial charge in [0, 0.05) is 43.5 Å². The molecule has 30 heavy (non-hydrogen) atoms. The third-order valence-electron chi connectivity index (χ3n) is 5.09. The van der Waals surface area contributed by atoms with Crippen LogP contribution >= 0.6 is 11.6 Å². The number of halogens is 1. The van der Waals surface area contributed by atoms with Crippen molar-refractivity contribution in [1.82, 2.24) is 14.9 Å². The molecule has 1 amide bonds. The number of likely N-dealkylation sites (N-methyl/N-ethyl adjacent to an activating group) is 1. The van der Waals surface area contributed by atoms with Gasteiger partial charge in [0.25, 0.3) is 5.91 Å². The molecule has 1 aromatic heterocycles. The largest absolute Gasteiger partial charge is 0.368 e. The summed E-state index contributed by atoms with van der Waals surface area (Å²) in [6, 6.07) is 16.4. The zero-order valence-electron chi connectivity index (χ0n) is 16.7. The Labute approximate surface area is 180 Å². The first-order chi connectivity index (χ1) is 14.5. The highest BCUT2D eigenvalue weighted by atomic mass is 35.5. The van der Waals surface area contributed by atoms with Crippen molar-refractivity contribution >= 4 is 35.0 Å². The molecular formula is C22H23ClN6O. The average molecular weight is 423 g/mol. The molecule has 1 fully saturated rings. The fraction of sp³-hybridized carbons (Fsp3) is 0.227. The molecular weight excluding hydrogens is 400 g/mol. The summed E-state index contributed by atoms with van der Waals surface area (Å²) in [5, 5.41) is 3.30. The Balaban J connectivity index is 1.58. The molecule has 7 nitrogen and oxygen atoms in total. The number of nitrogen functional groups attached to an aromatic ring is 1. The van der Waals surface area contributed by atoms with E-state index in [1.807, 2.05) is 30.3 Å². The van der Waals surface area contributed by atoms with Crippen molar-refractivity contribution in [3.05, 3.63) is 65.2 Å². The molecule has 0 aliphatic carbocycles. The normalized spacial score (nSPS) is 14.5. The molecule has 0 radical (unpaired) electrons. The molecule has 8 heteroatoms. The summed E-state index contributed by atoms with van der Waals surface area (Å²) >= 11 is 6.13. The SMILES string of the molecule is CN1CCN(c2cc(-c3cccc(NC(=O)c4ccccc4Cl)c3)nc(N)n2)CC1. The summed E-state index contributed by atoms with van der Waals surface area (Å²) < 4.78 is 0. The molecule has 1 saturated heterocycles.